The van der Waals surface area contributed by atoms with Crippen LogP contribution in [0.4, 0.5) is 0 Å². The van der Waals surface area contributed by atoms with Crippen molar-refractivity contribution in [1.29, 1.82) is 5.26 Å². The van der Waals surface area contributed by atoms with E-state index in [1.54, 1.807) is 0 Å². The molecule has 0 saturated carbocycles. The number of nitrogens with zero attached hydrogens (tertiary/aromatic N) is 1. The first-order chi connectivity index (χ1) is 8.15. The van der Waals surface area contributed by atoms with E-state index in [9.17, 15) is 5.26 Å². The molecule has 1 unspecified atom stereocenters. The molecule has 0 aromatic carbocycles. The van der Waals surface area contributed by atoms with E-state index in [0.29, 0.717) is 0 Å². The molecule has 0 N–H and O–H groups in total. The largest absolute Gasteiger partial charge is 0.410 e. The molecule has 3 nitrogen and oxygen atoms in total. The van der Waals surface area contributed by atoms with Crippen LogP contribution in [0, 0.1) is 11.3 Å². The summed E-state index contributed by atoms with van der Waals surface area (Å²) in [4.78, 5) is 0. The maximum absolute atomic E-state index is 9.50. The van der Waals surface area contributed by atoms with Crippen molar-refractivity contribution in [2.24, 2.45) is 0 Å². The lowest BCUT2D eigenvalue weighted by atomic mass is 10.0. The topological polar surface area (TPSA) is 42.2 Å². The molecule has 19 heavy (non-hydrogen) atoms. The van der Waals surface area contributed by atoms with Gasteiger partial charge in [-0.15, -0.1) is 0 Å². The third-order valence-electron chi connectivity index (χ3n) is 3.79. The van der Waals surface area contributed by atoms with Crippen molar-refractivity contribution in [3.8, 4) is 6.07 Å². The van der Waals surface area contributed by atoms with Gasteiger partial charge in [0.05, 0.1) is 12.2 Å². The Labute approximate surface area is 121 Å². The van der Waals surface area contributed by atoms with E-state index in [2.05, 4.69) is 59.6 Å². The fraction of sp³-hybridized carbons (Fsp3) is 0.929. The second-order valence-electron chi connectivity index (χ2n) is 7.95. The van der Waals surface area contributed by atoms with Gasteiger partial charge >= 0.3 is 0 Å². The number of nitriles is 1. The van der Waals surface area contributed by atoms with Gasteiger partial charge < -0.3 is 8.85 Å². The first-order valence-corrected chi connectivity index (χ1v) is 13.3. The van der Waals surface area contributed by atoms with Crippen molar-refractivity contribution in [3.63, 3.8) is 0 Å². The summed E-state index contributed by atoms with van der Waals surface area (Å²) in [5, 5.41) is 9.64. The van der Waals surface area contributed by atoms with Crippen LogP contribution in [0.1, 0.15) is 34.6 Å². The fourth-order valence-electron chi connectivity index (χ4n) is 1.56. The highest BCUT2D eigenvalue weighted by atomic mass is 28.4. The Morgan fingerprint density at radius 1 is 1.00 bits per heavy atom. The van der Waals surface area contributed by atoms with E-state index in [1.807, 2.05) is 13.8 Å². The number of hydrogen-bond donors (Lipinski definition) is 0. The molecule has 0 rings (SSSR count). The summed E-state index contributed by atoms with van der Waals surface area (Å²) >= 11 is 0. The fourth-order valence-corrected chi connectivity index (χ4v) is 4.51. The quantitative estimate of drug-likeness (QED) is 0.701. The van der Waals surface area contributed by atoms with Crippen LogP contribution in [-0.4, -0.2) is 28.3 Å². The van der Waals surface area contributed by atoms with Crippen LogP contribution in [0.25, 0.3) is 0 Å². The predicted octanol–water partition coefficient (Wildman–Crippen LogP) is 4.53. The smallest absolute Gasteiger partial charge is 0.192 e. The van der Waals surface area contributed by atoms with E-state index >= 15 is 0 Å². The molecule has 5 heteroatoms. The van der Waals surface area contributed by atoms with E-state index in [1.165, 1.54) is 0 Å². The molecule has 0 amide bonds. The highest BCUT2D eigenvalue weighted by Crippen LogP contribution is 2.39. The number of rotatable bonds is 5. The normalized spacial score (nSPS) is 18.6. The lowest BCUT2D eigenvalue weighted by Crippen LogP contribution is -2.53. The Kier molecular flexibility index (Phi) is 5.64. The minimum Gasteiger partial charge on any atom is -0.410 e. The van der Waals surface area contributed by atoms with Crippen LogP contribution in [0.2, 0.25) is 37.8 Å². The highest BCUT2D eigenvalue weighted by molar-refractivity contribution is 6.74. The van der Waals surface area contributed by atoms with Gasteiger partial charge in [-0.25, -0.2) is 0 Å². The van der Waals surface area contributed by atoms with Crippen molar-refractivity contribution in [3.05, 3.63) is 0 Å². The van der Waals surface area contributed by atoms with Gasteiger partial charge in [0.25, 0.3) is 0 Å². The van der Waals surface area contributed by atoms with Crippen molar-refractivity contribution in [2.45, 2.75) is 84.1 Å². The third kappa shape index (κ3) is 5.38. The molecular weight excluding hydrogens is 270 g/mol. The van der Waals surface area contributed by atoms with Crippen LogP contribution in [0.15, 0.2) is 0 Å². The van der Waals surface area contributed by atoms with E-state index in [-0.39, 0.29) is 11.1 Å². The number of hydrogen-bond acceptors (Lipinski definition) is 3. The van der Waals surface area contributed by atoms with Gasteiger partial charge in [0.2, 0.25) is 0 Å². The minimum absolute atomic E-state index is 0.136. The van der Waals surface area contributed by atoms with Crippen LogP contribution in [0.5, 0.6) is 0 Å². The van der Waals surface area contributed by atoms with E-state index in [0.717, 1.165) is 0 Å². The SMILES string of the molecule is C[C@H](O[Si](C)(C)C(C)(C)C)C(C)(C#N)O[Si](C)(C)C. The standard InChI is InChI=1S/C14H31NO2Si2/c1-12(16-19(9,10)13(2,3)4)14(5,11-15)17-18(6,7)8/h12H,1-10H3/t12-,14?/m0/s1. The second kappa shape index (κ2) is 5.68. The summed E-state index contributed by atoms with van der Waals surface area (Å²) in [6, 6.07) is 2.32. The summed E-state index contributed by atoms with van der Waals surface area (Å²) in [6.45, 7) is 21.1. The van der Waals surface area contributed by atoms with E-state index < -0.39 is 22.2 Å². The van der Waals surface area contributed by atoms with Gasteiger partial charge in [-0.1, -0.05) is 20.8 Å². The van der Waals surface area contributed by atoms with Gasteiger partial charge in [0.1, 0.15) is 0 Å². The Hall–Kier alpha value is -0.156. The van der Waals surface area contributed by atoms with Crippen LogP contribution in [0.3, 0.4) is 0 Å². The van der Waals surface area contributed by atoms with Crippen molar-refractivity contribution >= 4 is 16.6 Å². The average Bonchev–Trinajstić information content (AvgIpc) is 2.12. The van der Waals surface area contributed by atoms with Crippen LogP contribution >= 0.6 is 0 Å². The first-order valence-electron chi connectivity index (χ1n) is 6.94. The molecule has 0 aliphatic rings. The molecule has 0 saturated heterocycles. The van der Waals surface area contributed by atoms with Gasteiger partial charge in [0, 0.05) is 0 Å². The third-order valence-corrected chi connectivity index (χ3v) is 9.39. The van der Waals surface area contributed by atoms with Gasteiger partial charge in [-0.2, -0.15) is 5.26 Å². The molecule has 0 aromatic rings. The molecule has 112 valence electrons. The Morgan fingerprint density at radius 3 is 1.68 bits per heavy atom. The summed E-state index contributed by atoms with van der Waals surface area (Å²) in [5.74, 6) is 0. The van der Waals surface area contributed by atoms with Crippen LogP contribution in [-0.2, 0) is 8.85 Å². The molecule has 0 spiro atoms. The maximum Gasteiger partial charge on any atom is 0.192 e. The summed E-state index contributed by atoms with van der Waals surface area (Å²) in [6.07, 6.45) is -0.217. The molecule has 0 aliphatic heterocycles. The molecule has 0 aromatic heterocycles. The minimum atomic E-state index is -1.89. The van der Waals surface area contributed by atoms with Crippen LogP contribution < -0.4 is 0 Å². The highest BCUT2D eigenvalue weighted by Gasteiger charge is 2.44. The maximum atomic E-state index is 9.50. The summed E-state index contributed by atoms with van der Waals surface area (Å²) < 4.78 is 12.4. The predicted molar refractivity (Wildman–Crippen MR) is 86.2 cm³/mol. The Balaban J connectivity index is 5.09. The summed E-state index contributed by atoms with van der Waals surface area (Å²) in [7, 11) is -3.67. The van der Waals surface area contributed by atoms with E-state index in [4.69, 9.17) is 8.85 Å². The van der Waals surface area contributed by atoms with Crippen molar-refractivity contribution in [1.82, 2.24) is 0 Å². The van der Waals surface area contributed by atoms with Gasteiger partial charge in [-0.05, 0) is 51.6 Å². The van der Waals surface area contributed by atoms with Crippen molar-refractivity contribution in [2.75, 3.05) is 0 Å². The molecule has 0 radical (unpaired) electrons. The zero-order valence-electron chi connectivity index (χ0n) is 14.3. The lowest BCUT2D eigenvalue weighted by Gasteiger charge is -2.43. The molecule has 0 bridgehead atoms. The molecule has 0 heterocycles. The molecule has 0 fully saturated rings. The monoisotopic (exact) mass is 301 g/mol. The molecule has 2 atom stereocenters. The Bertz CT molecular complexity index is 350. The second-order valence-corrected chi connectivity index (χ2v) is 17.1. The molecule has 0 aliphatic carbocycles. The van der Waals surface area contributed by atoms with Crippen molar-refractivity contribution < 1.29 is 8.85 Å². The zero-order valence-corrected chi connectivity index (χ0v) is 16.3. The first kappa shape index (κ1) is 18.8. The molecular formula is C14H31NO2Si2. The zero-order chi connectivity index (χ0) is 15.7. The Morgan fingerprint density at radius 2 is 1.42 bits per heavy atom. The average molecular weight is 302 g/mol. The van der Waals surface area contributed by atoms with Gasteiger partial charge in [-0.3, -0.25) is 0 Å². The van der Waals surface area contributed by atoms with Gasteiger partial charge in [0.15, 0.2) is 22.2 Å². The lowest BCUT2D eigenvalue weighted by molar-refractivity contribution is 0.0115. The summed E-state index contributed by atoms with van der Waals surface area (Å²) in [5.41, 5.74) is -0.861.